The molecular weight excluding hydrogens is 298 g/mol. The summed E-state index contributed by atoms with van der Waals surface area (Å²) in [5.41, 5.74) is 2.41. The Kier molecular flexibility index (Phi) is 5.43. The number of benzene rings is 1. The van der Waals surface area contributed by atoms with Crippen molar-refractivity contribution in [2.45, 2.75) is 23.5 Å². The van der Waals surface area contributed by atoms with Crippen molar-refractivity contribution in [2.24, 2.45) is 5.84 Å². The Hall–Kier alpha value is -1.77. The van der Waals surface area contributed by atoms with Crippen molar-refractivity contribution in [2.75, 3.05) is 12.0 Å². The zero-order valence-corrected chi connectivity index (χ0v) is 12.1. The van der Waals surface area contributed by atoms with E-state index < -0.39 is 11.6 Å². The fraction of sp³-hybridized carbons (Fsp3) is 0.231. The SMILES string of the molecule is CCOCc1nc(NN)cc(Sc2cc(F)ccc2F)n1. The average molecular weight is 312 g/mol. The molecule has 0 saturated carbocycles. The molecule has 112 valence electrons. The van der Waals surface area contributed by atoms with Crippen LogP contribution in [0.15, 0.2) is 34.2 Å². The first-order chi connectivity index (χ1) is 10.1. The number of hydrazine groups is 1. The van der Waals surface area contributed by atoms with Crippen LogP contribution in [0.1, 0.15) is 12.7 Å². The Balaban J connectivity index is 2.27. The summed E-state index contributed by atoms with van der Waals surface area (Å²) in [5, 5.41) is 0.442. The van der Waals surface area contributed by atoms with Gasteiger partial charge in [-0.2, -0.15) is 0 Å². The van der Waals surface area contributed by atoms with Crippen LogP contribution >= 0.6 is 11.8 Å². The summed E-state index contributed by atoms with van der Waals surface area (Å²) < 4.78 is 32.1. The number of halogens is 2. The van der Waals surface area contributed by atoms with Crippen molar-refractivity contribution in [1.29, 1.82) is 0 Å². The third kappa shape index (κ3) is 4.35. The van der Waals surface area contributed by atoms with Crippen LogP contribution in [0.3, 0.4) is 0 Å². The molecule has 0 aliphatic rings. The topological polar surface area (TPSA) is 73.1 Å². The lowest BCUT2D eigenvalue weighted by Gasteiger charge is -2.08. The van der Waals surface area contributed by atoms with Crippen molar-refractivity contribution in [3.63, 3.8) is 0 Å². The monoisotopic (exact) mass is 312 g/mol. The van der Waals surface area contributed by atoms with E-state index in [2.05, 4.69) is 15.4 Å². The second kappa shape index (κ2) is 7.30. The molecule has 0 saturated heterocycles. The highest BCUT2D eigenvalue weighted by atomic mass is 32.2. The molecule has 0 aliphatic heterocycles. The van der Waals surface area contributed by atoms with Gasteiger partial charge in [-0.05, 0) is 25.1 Å². The van der Waals surface area contributed by atoms with E-state index in [0.29, 0.717) is 23.3 Å². The summed E-state index contributed by atoms with van der Waals surface area (Å²) in [5.74, 6) is 5.09. The van der Waals surface area contributed by atoms with Crippen LogP contribution in [0.4, 0.5) is 14.6 Å². The van der Waals surface area contributed by atoms with E-state index in [9.17, 15) is 8.78 Å². The lowest BCUT2D eigenvalue weighted by Crippen LogP contribution is -2.11. The molecule has 5 nitrogen and oxygen atoms in total. The van der Waals surface area contributed by atoms with Gasteiger partial charge >= 0.3 is 0 Å². The molecule has 1 heterocycles. The van der Waals surface area contributed by atoms with Crippen molar-refractivity contribution in [3.8, 4) is 0 Å². The number of anilines is 1. The molecule has 0 amide bonds. The number of ether oxygens (including phenoxy) is 1. The van der Waals surface area contributed by atoms with Gasteiger partial charge in [-0.1, -0.05) is 11.8 Å². The van der Waals surface area contributed by atoms with Gasteiger partial charge in [-0.15, -0.1) is 0 Å². The van der Waals surface area contributed by atoms with Gasteiger partial charge in [0, 0.05) is 12.7 Å². The minimum atomic E-state index is -0.520. The molecule has 0 spiro atoms. The Labute approximate surface area is 124 Å². The lowest BCUT2D eigenvalue weighted by molar-refractivity contribution is 0.128. The van der Waals surface area contributed by atoms with Crippen LogP contribution in [0.25, 0.3) is 0 Å². The lowest BCUT2D eigenvalue weighted by atomic mass is 10.3. The van der Waals surface area contributed by atoms with E-state index in [1.54, 1.807) is 6.07 Å². The Morgan fingerprint density at radius 2 is 2.10 bits per heavy atom. The van der Waals surface area contributed by atoms with Crippen molar-refractivity contribution in [1.82, 2.24) is 9.97 Å². The maximum atomic E-state index is 13.6. The predicted molar refractivity (Wildman–Crippen MR) is 75.7 cm³/mol. The van der Waals surface area contributed by atoms with Gasteiger partial charge in [-0.3, -0.25) is 0 Å². The largest absolute Gasteiger partial charge is 0.374 e. The summed E-state index contributed by atoms with van der Waals surface area (Å²) in [4.78, 5) is 8.48. The minimum absolute atomic E-state index is 0.138. The Morgan fingerprint density at radius 1 is 1.29 bits per heavy atom. The minimum Gasteiger partial charge on any atom is -0.374 e. The summed E-state index contributed by atoms with van der Waals surface area (Å²) in [6.45, 7) is 2.58. The summed E-state index contributed by atoms with van der Waals surface area (Å²) in [6.07, 6.45) is 0. The standard InChI is InChI=1S/C13H14F2N4OS/c1-2-20-7-12-17-11(19-16)6-13(18-12)21-10-5-8(14)3-4-9(10)15/h3-6H,2,7,16H2,1H3,(H,17,18,19). The highest BCUT2D eigenvalue weighted by Crippen LogP contribution is 2.30. The number of nitrogens with two attached hydrogens (primary N) is 1. The van der Waals surface area contributed by atoms with E-state index in [-0.39, 0.29) is 11.5 Å². The van der Waals surface area contributed by atoms with Gasteiger partial charge in [0.25, 0.3) is 0 Å². The van der Waals surface area contributed by atoms with E-state index in [0.717, 1.165) is 30.0 Å². The first kappa shape index (κ1) is 15.6. The predicted octanol–water partition coefficient (Wildman–Crippen LogP) is 2.73. The van der Waals surface area contributed by atoms with Gasteiger partial charge in [0.05, 0.1) is 4.90 Å². The second-order valence-electron chi connectivity index (χ2n) is 3.97. The van der Waals surface area contributed by atoms with E-state index in [1.165, 1.54) is 0 Å². The number of nitrogens with zero attached hydrogens (tertiary/aromatic N) is 2. The Bertz CT molecular complexity index is 627. The van der Waals surface area contributed by atoms with Gasteiger partial charge in [0.1, 0.15) is 29.1 Å². The molecule has 2 aromatic rings. The van der Waals surface area contributed by atoms with Gasteiger partial charge < -0.3 is 10.2 Å². The fourth-order valence-electron chi connectivity index (χ4n) is 1.52. The molecule has 3 N–H and O–H groups in total. The highest BCUT2D eigenvalue weighted by molar-refractivity contribution is 7.99. The zero-order chi connectivity index (χ0) is 15.2. The van der Waals surface area contributed by atoms with Crippen LogP contribution in [0, 0.1) is 11.6 Å². The first-order valence-corrected chi connectivity index (χ1v) is 6.99. The third-order valence-corrected chi connectivity index (χ3v) is 3.39. The molecule has 0 fully saturated rings. The zero-order valence-electron chi connectivity index (χ0n) is 11.3. The summed E-state index contributed by atoms with van der Waals surface area (Å²) >= 11 is 0.988. The molecule has 0 atom stereocenters. The number of aromatic nitrogens is 2. The van der Waals surface area contributed by atoms with E-state index in [1.807, 2.05) is 6.92 Å². The fourth-order valence-corrected chi connectivity index (χ4v) is 2.41. The smallest absolute Gasteiger partial charge is 0.157 e. The number of rotatable bonds is 6. The molecule has 2 rings (SSSR count). The van der Waals surface area contributed by atoms with Crippen LogP contribution in [-0.4, -0.2) is 16.6 Å². The quantitative estimate of drug-likeness (QED) is 0.485. The maximum absolute atomic E-state index is 13.6. The molecule has 8 heteroatoms. The maximum Gasteiger partial charge on any atom is 0.157 e. The van der Waals surface area contributed by atoms with E-state index >= 15 is 0 Å². The van der Waals surface area contributed by atoms with Crippen LogP contribution in [0.2, 0.25) is 0 Å². The number of hydrogen-bond donors (Lipinski definition) is 2. The second-order valence-corrected chi connectivity index (χ2v) is 5.03. The molecule has 21 heavy (non-hydrogen) atoms. The number of nitrogens with one attached hydrogen (secondary N) is 1. The van der Waals surface area contributed by atoms with Crippen molar-refractivity contribution < 1.29 is 13.5 Å². The summed E-state index contributed by atoms with van der Waals surface area (Å²) in [6, 6.07) is 4.79. The van der Waals surface area contributed by atoms with Crippen LogP contribution in [0.5, 0.6) is 0 Å². The van der Waals surface area contributed by atoms with E-state index in [4.69, 9.17) is 10.6 Å². The number of hydrogen-bond acceptors (Lipinski definition) is 6. The Morgan fingerprint density at radius 3 is 2.81 bits per heavy atom. The molecule has 0 aliphatic carbocycles. The highest BCUT2D eigenvalue weighted by Gasteiger charge is 2.10. The van der Waals surface area contributed by atoms with Crippen LogP contribution in [-0.2, 0) is 11.3 Å². The average Bonchev–Trinajstić information content (AvgIpc) is 2.48. The van der Waals surface area contributed by atoms with Crippen molar-refractivity contribution >= 4 is 17.6 Å². The molecule has 1 aromatic heterocycles. The van der Waals surface area contributed by atoms with Crippen LogP contribution < -0.4 is 11.3 Å². The summed E-state index contributed by atoms with van der Waals surface area (Å²) in [7, 11) is 0. The van der Waals surface area contributed by atoms with Crippen molar-refractivity contribution in [3.05, 3.63) is 41.7 Å². The normalized spacial score (nSPS) is 10.7. The van der Waals surface area contributed by atoms with Gasteiger partial charge in [-0.25, -0.2) is 24.6 Å². The first-order valence-electron chi connectivity index (χ1n) is 6.17. The molecule has 1 aromatic carbocycles. The third-order valence-electron chi connectivity index (χ3n) is 2.44. The molecule has 0 bridgehead atoms. The van der Waals surface area contributed by atoms with Gasteiger partial charge in [0.15, 0.2) is 5.82 Å². The number of nitrogen functional groups attached to an aromatic ring is 1. The molecule has 0 radical (unpaired) electrons. The van der Waals surface area contributed by atoms with Gasteiger partial charge in [0.2, 0.25) is 0 Å². The molecule has 0 unspecified atom stereocenters. The molecular formula is C13H14F2N4OS.